The van der Waals surface area contributed by atoms with E-state index >= 15 is 0 Å². The first-order valence-electron chi connectivity index (χ1n) is 10.8. The molecule has 11 nitrogen and oxygen atoms in total. The van der Waals surface area contributed by atoms with Crippen molar-refractivity contribution in [3.63, 3.8) is 0 Å². The molecule has 4 aromatic rings. The standard InChI is InChI=1S/C22H24N8O3/c1-14(31)23-5-6-24-22(32)19-13-30-12-18(15-3-2-4-17-16(15)11-25-28-17)26-20(21(30)27-19)29-7-9-33-10-8-29/h2-4,11-13H,5-10H2,1H3,(H,23,31)(H,24,32)(H,25,28). The number of carbonyl (C=O) groups excluding carboxylic acids is 2. The van der Waals surface area contributed by atoms with Gasteiger partial charge in [-0.05, 0) is 6.07 Å². The number of imidazole rings is 1. The first kappa shape index (κ1) is 20.9. The molecule has 33 heavy (non-hydrogen) atoms. The number of hydrogen-bond acceptors (Lipinski definition) is 7. The van der Waals surface area contributed by atoms with Crippen LogP contribution in [0.25, 0.3) is 27.8 Å². The molecular weight excluding hydrogens is 424 g/mol. The quantitative estimate of drug-likeness (QED) is 0.375. The van der Waals surface area contributed by atoms with Crippen LogP contribution in [-0.2, 0) is 9.53 Å². The molecule has 3 N–H and O–H groups in total. The van der Waals surface area contributed by atoms with Crippen LogP contribution in [0.2, 0.25) is 0 Å². The molecular formula is C22H24N8O3. The summed E-state index contributed by atoms with van der Waals surface area (Å²) < 4.78 is 7.35. The van der Waals surface area contributed by atoms with Gasteiger partial charge >= 0.3 is 0 Å². The average Bonchev–Trinajstić information content (AvgIpc) is 3.48. The molecule has 0 atom stereocenters. The van der Waals surface area contributed by atoms with Gasteiger partial charge in [0.05, 0.1) is 30.6 Å². The van der Waals surface area contributed by atoms with Gasteiger partial charge in [-0.15, -0.1) is 0 Å². The van der Waals surface area contributed by atoms with Gasteiger partial charge in [0.2, 0.25) is 5.91 Å². The van der Waals surface area contributed by atoms with Crippen molar-refractivity contribution in [2.24, 2.45) is 0 Å². The van der Waals surface area contributed by atoms with Crippen molar-refractivity contribution in [1.82, 2.24) is 35.2 Å². The van der Waals surface area contributed by atoms with Gasteiger partial charge in [0.1, 0.15) is 5.69 Å². The third-order valence-corrected chi connectivity index (χ3v) is 5.51. The Labute approximate surface area is 189 Å². The SMILES string of the molecule is CC(=O)NCCNC(=O)c1cn2cc(-c3cccc4[nH]ncc34)nc(N3CCOCC3)c2n1. The van der Waals surface area contributed by atoms with Crippen molar-refractivity contribution in [2.45, 2.75) is 6.92 Å². The first-order valence-corrected chi connectivity index (χ1v) is 10.8. The molecule has 0 unspecified atom stereocenters. The van der Waals surface area contributed by atoms with E-state index < -0.39 is 0 Å². The van der Waals surface area contributed by atoms with Crippen LogP contribution in [0.4, 0.5) is 5.82 Å². The summed E-state index contributed by atoms with van der Waals surface area (Å²) in [4.78, 5) is 35.4. The summed E-state index contributed by atoms with van der Waals surface area (Å²) in [5.74, 6) is 0.252. The maximum Gasteiger partial charge on any atom is 0.271 e. The zero-order valence-corrected chi connectivity index (χ0v) is 18.2. The molecule has 0 radical (unpaired) electrons. The summed E-state index contributed by atoms with van der Waals surface area (Å²) in [6.45, 7) is 4.69. The molecule has 1 fully saturated rings. The second-order valence-corrected chi connectivity index (χ2v) is 7.78. The maximum atomic E-state index is 12.7. The van der Waals surface area contributed by atoms with Gasteiger partial charge in [0, 0.05) is 56.4 Å². The zero-order chi connectivity index (χ0) is 22.8. The van der Waals surface area contributed by atoms with Crippen molar-refractivity contribution in [3.8, 4) is 11.3 Å². The lowest BCUT2D eigenvalue weighted by atomic mass is 10.1. The molecule has 0 aliphatic carbocycles. The molecule has 1 saturated heterocycles. The predicted molar refractivity (Wildman–Crippen MR) is 122 cm³/mol. The number of fused-ring (bicyclic) bond motifs is 2. The molecule has 1 aromatic carbocycles. The van der Waals surface area contributed by atoms with Gasteiger partial charge in [-0.2, -0.15) is 5.10 Å². The summed E-state index contributed by atoms with van der Waals surface area (Å²) in [6.07, 6.45) is 5.36. The number of aromatic nitrogens is 5. The molecule has 1 aliphatic heterocycles. The summed E-state index contributed by atoms with van der Waals surface area (Å²) in [7, 11) is 0. The van der Waals surface area contributed by atoms with Crippen LogP contribution >= 0.6 is 0 Å². The number of anilines is 1. The first-order chi connectivity index (χ1) is 16.1. The van der Waals surface area contributed by atoms with Crippen LogP contribution in [0, 0.1) is 0 Å². The smallest absolute Gasteiger partial charge is 0.271 e. The Balaban J connectivity index is 1.54. The van der Waals surface area contributed by atoms with E-state index in [1.54, 1.807) is 12.4 Å². The number of aromatic amines is 1. The minimum absolute atomic E-state index is 0.140. The highest BCUT2D eigenvalue weighted by Gasteiger charge is 2.21. The van der Waals surface area contributed by atoms with Crippen molar-refractivity contribution in [2.75, 3.05) is 44.3 Å². The number of nitrogens with one attached hydrogen (secondary N) is 3. The third kappa shape index (κ3) is 4.22. The zero-order valence-electron chi connectivity index (χ0n) is 18.2. The largest absolute Gasteiger partial charge is 0.378 e. The Morgan fingerprint density at radius 3 is 2.76 bits per heavy atom. The van der Waals surface area contributed by atoms with E-state index in [2.05, 4.69) is 30.7 Å². The molecule has 0 spiro atoms. The number of carbonyl (C=O) groups is 2. The monoisotopic (exact) mass is 448 g/mol. The van der Waals surface area contributed by atoms with Gasteiger partial charge in [-0.25, -0.2) is 9.97 Å². The van der Waals surface area contributed by atoms with E-state index in [1.807, 2.05) is 28.8 Å². The van der Waals surface area contributed by atoms with Crippen LogP contribution in [0.15, 0.2) is 36.8 Å². The Bertz CT molecular complexity index is 1320. The minimum Gasteiger partial charge on any atom is -0.378 e. The van der Waals surface area contributed by atoms with Gasteiger partial charge in [0.25, 0.3) is 5.91 Å². The highest BCUT2D eigenvalue weighted by Crippen LogP contribution is 2.30. The number of morpholine rings is 1. The number of benzene rings is 1. The van der Waals surface area contributed by atoms with E-state index in [0.717, 1.165) is 22.2 Å². The third-order valence-electron chi connectivity index (χ3n) is 5.51. The predicted octanol–water partition coefficient (Wildman–Crippen LogP) is 0.975. The van der Waals surface area contributed by atoms with E-state index in [4.69, 9.17) is 9.72 Å². The van der Waals surface area contributed by atoms with Crippen LogP contribution in [0.5, 0.6) is 0 Å². The highest BCUT2D eigenvalue weighted by atomic mass is 16.5. The molecule has 1 aliphatic rings. The lowest BCUT2D eigenvalue weighted by molar-refractivity contribution is -0.118. The maximum absolute atomic E-state index is 12.7. The molecule has 2 amide bonds. The number of rotatable bonds is 6. The topological polar surface area (TPSA) is 130 Å². The number of amides is 2. The molecule has 11 heteroatoms. The average molecular weight is 448 g/mol. The fourth-order valence-electron chi connectivity index (χ4n) is 3.91. The second kappa shape index (κ2) is 8.87. The minimum atomic E-state index is -0.310. The fraction of sp³-hybridized carbons (Fsp3) is 0.318. The highest BCUT2D eigenvalue weighted by molar-refractivity contribution is 5.95. The molecule has 0 saturated carbocycles. The van der Waals surface area contributed by atoms with Gasteiger partial charge in [0.15, 0.2) is 11.5 Å². The Morgan fingerprint density at radius 1 is 1.12 bits per heavy atom. The number of H-pyrrole nitrogens is 1. The summed E-state index contributed by atoms with van der Waals surface area (Å²) >= 11 is 0. The van der Waals surface area contributed by atoms with Crippen molar-refractivity contribution in [1.29, 1.82) is 0 Å². The van der Waals surface area contributed by atoms with E-state index in [9.17, 15) is 9.59 Å². The lowest BCUT2D eigenvalue weighted by Gasteiger charge is -2.28. The molecule has 3 aromatic heterocycles. The van der Waals surface area contributed by atoms with Gasteiger partial charge in [-0.1, -0.05) is 12.1 Å². The Hall–Kier alpha value is -3.99. The lowest BCUT2D eigenvalue weighted by Crippen LogP contribution is -2.37. The number of hydrogen-bond donors (Lipinski definition) is 3. The van der Waals surface area contributed by atoms with E-state index in [1.165, 1.54) is 6.92 Å². The van der Waals surface area contributed by atoms with Crippen LogP contribution in [-0.4, -0.2) is 75.8 Å². The fourth-order valence-corrected chi connectivity index (χ4v) is 3.91. The number of ether oxygens (including phenoxy) is 1. The van der Waals surface area contributed by atoms with Crippen LogP contribution in [0.3, 0.4) is 0 Å². The second-order valence-electron chi connectivity index (χ2n) is 7.78. The van der Waals surface area contributed by atoms with E-state index in [0.29, 0.717) is 50.9 Å². The summed E-state index contributed by atoms with van der Waals surface area (Å²) in [5, 5.41) is 13.6. The molecule has 5 rings (SSSR count). The molecule has 0 bridgehead atoms. The van der Waals surface area contributed by atoms with Crippen molar-refractivity contribution < 1.29 is 14.3 Å². The van der Waals surface area contributed by atoms with E-state index in [-0.39, 0.29) is 17.5 Å². The Morgan fingerprint density at radius 2 is 1.94 bits per heavy atom. The molecule has 4 heterocycles. The normalized spacial score (nSPS) is 14.0. The van der Waals surface area contributed by atoms with Crippen molar-refractivity contribution in [3.05, 3.63) is 42.5 Å². The van der Waals surface area contributed by atoms with Crippen LogP contribution in [0.1, 0.15) is 17.4 Å². The molecule has 170 valence electrons. The van der Waals surface area contributed by atoms with Gasteiger partial charge < -0.3 is 24.7 Å². The Kier molecular flexibility index (Phi) is 5.61. The van der Waals surface area contributed by atoms with Gasteiger partial charge in [-0.3, -0.25) is 14.7 Å². The number of nitrogens with zero attached hydrogens (tertiary/aromatic N) is 5. The van der Waals surface area contributed by atoms with Crippen LogP contribution < -0.4 is 15.5 Å². The van der Waals surface area contributed by atoms with Crippen molar-refractivity contribution >= 4 is 34.2 Å². The summed E-state index contributed by atoms with van der Waals surface area (Å²) in [6, 6.07) is 5.92. The summed E-state index contributed by atoms with van der Waals surface area (Å²) in [5.41, 5.74) is 3.51.